The molecule has 0 aromatic heterocycles. The first-order valence-corrected chi connectivity index (χ1v) is 9.95. The van der Waals surface area contributed by atoms with Gasteiger partial charge >= 0.3 is 0 Å². The molecule has 0 unspecified atom stereocenters. The van der Waals surface area contributed by atoms with E-state index in [0.717, 1.165) is 11.3 Å². The van der Waals surface area contributed by atoms with Crippen LogP contribution in [0, 0.1) is 0 Å². The predicted octanol–water partition coefficient (Wildman–Crippen LogP) is 2.21. The summed E-state index contributed by atoms with van der Waals surface area (Å²) in [6.07, 6.45) is 0.540. The summed E-state index contributed by atoms with van der Waals surface area (Å²) in [4.78, 5) is 12.0. The van der Waals surface area contributed by atoms with Gasteiger partial charge in [0.2, 0.25) is 15.9 Å². The lowest BCUT2D eigenvalue weighted by Crippen LogP contribution is -2.33. The standard InChI is InChI=1S/C19H24N2O4S/c1-21(17-9-4-3-5-10-17)26(23,24)15-13-19(22)20-14-12-16-8-6-7-11-18(16)25-2/h3-11H,12-15H2,1-2H3,(H,20,22). The average molecular weight is 376 g/mol. The SMILES string of the molecule is COc1ccccc1CCNC(=O)CCS(=O)(=O)N(C)c1ccccc1. The molecule has 1 N–H and O–H groups in total. The monoisotopic (exact) mass is 376 g/mol. The molecule has 0 aliphatic heterocycles. The normalized spacial score (nSPS) is 11.0. The zero-order valence-electron chi connectivity index (χ0n) is 15.0. The highest BCUT2D eigenvalue weighted by molar-refractivity contribution is 7.92. The molecule has 1 amide bonds. The zero-order chi connectivity index (χ0) is 19.0. The lowest BCUT2D eigenvalue weighted by atomic mass is 10.1. The van der Waals surface area contributed by atoms with Crippen molar-refractivity contribution in [2.24, 2.45) is 0 Å². The van der Waals surface area contributed by atoms with Crippen molar-refractivity contribution in [1.29, 1.82) is 0 Å². The van der Waals surface area contributed by atoms with Crippen LogP contribution in [0.25, 0.3) is 0 Å². The first-order valence-electron chi connectivity index (χ1n) is 8.34. The van der Waals surface area contributed by atoms with Crippen molar-refractivity contribution in [2.75, 3.05) is 30.8 Å². The van der Waals surface area contributed by atoms with Crippen molar-refractivity contribution in [2.45, 2.75) is 12.8 Å². The number of ether oxygens (including phenoxy) is 1. The maximum Gasteiger partial charge on any atom is 0.235 e. The van der Waals surface area contributed by atoms with Crippen molar-refractivity contribution in [3.8, 4) is 5.75 Å². The van der Waals surface area contributed by atoms with Crippen LogP contribution < -0.4 is 14.4 Å². The molecule has 7 heteroatoms. The zero-order valence-corrected chi connectivity index (χ0v) is 15.8. The maximum absolute atomic E-state index is 12.3. The topological polar surface area (TPSA) is 75.7 Å². The van der Waals surface area contributed by atoms with Gasteiger partial charge in [0.15, 0.2) is 0 Å². The molecule has 0 aliphatic carbocycles. The summed E-state index contributed by atoms with van der Waals surface area (Å²) < 4.78 is 31.2. The molecule has 0 saturated carbocycles. The second-order valence-corrected chi connectivity index (χ2v) is 7.90. The maximum atomic E-state index is 12.3. The van der Waals surface area contributed by atoms with E-state index in [-0.39, 0.29) is 18.1 Å². The van der Waals surface area contributed by atoms with Crippen molar-refractivity contribution < 1.29 is 17.9 Å². The fourth-order valence-electron chi connectivity index (χ4n) is 2.49. The lowest BCUT2D eigenvalue weighted by molar-refractivity contribution is -0.120. The van der Waals surface area contributed by atoms with Crippen LogP contribution in [0.2, 0.25) is 0 Å². The third kappa shape index (κ3) is 5.49. The number of benzene rings is 2. The molecule has 140 valence electrons. The fraction of sp³-hybridized carbons (Fsp3) is 0.316. The minimum absolute atomic E-state index is 0.0779. The van der Waals surface area contributed by atoms with E-state index in [0.29, 0.717) is 18.7 Å². The van der Waals surface area contributed by atoms with Crippen LogP contribution in [0.3, 0.4) is 0 Å². The lowest BCUT2D eigenvalue weighted by Gasteiger charge is -2.19. The summed E-state index contributed by atoms with van der Waals surface area (Å²) in [5.74, 6) is 0.248. The molecule has 0 aliphatic rings. The smallest absolute Gasteiger partial charge is 0.235 e. The molecule has 26 heavy (non-hydrogen) atoms. The number of carbonyl (C=O) groups excluding carboxylic acids is 1. The third-order valence-electron chi connectivity index (χ3n) is 4.03. The van der Waals surface area contributed by atoms with Crippen LogP contribution in [0.15, 0.2) is 54.6 Å². The number of carbonyl (C=O) groups is 1. The minimum atomic E-state index is -3.54. The van der Waals surface area contributed by atoms with E-state index in [1.807, 2.05) is 30.3 Å². The summed E-state index contributed by atoms with van der Waals surface area (Å²) >= 11 is 0. The van der Waals surface area contributed by atoms with Crippen LogP contribution in [0.5, 0.6) is 5.75 Å². The van der Waals surface area contributed by atoms with Gasteiger partial charge in [-0.2, -0.15) is 0 Å². The van der Waals surface area contributed by atoms with Crippen LogP contribution in [0.1, 0.15) is 12.0 Å². The van der Waals surface area contributed by atoms with Crippen molar-refractivity contribution in [1.82, 2.24) is 5.32 Å². The first kappa shape index (κ1) is 19.8. The number of hydrogen-bond acceptors (Lipinski definition) is 4. The Labute approximate surface area is 154 Å². The number of amides is 1. The number of sulfonamides is 1. The number of hydrogen-bond donors (Lipinski definition) is 1. The van der Waals surface area contributed by atoms with Crippen molar-refractivity contribution >= 4 is 21.6 Å². The van der Waals surface area contributed by atoms with E-state index < -0.39 is 10.0 Å². The highest BCUT2D eigenvalue weighted by Crippen LogP contribution is 2.17. The number of methoxy groups -OCH3 is 1. The van der Waals surface area contributed by atoms with Gasteiger partial charge in [-0.1, -0.05) is 36.4 Å². The summed E-state index contributed by atoms with van der Waals surface area (Å²) in [5.41, 5.74) is 1.57. The van der Waals surface area contributed by atoms with E-state index >= 15 is 0 Å². The van der Waals surface area contributed by atoms with Crippen molar-refractivity contribution in [3.05, 3.63) is 60.2 Å². The Morgan fingerprint density at radius 3 is 2.42 bits per heavy atom. The molecule has 0 bridgehead atoms. The number of anilines is 1. The first-order chi connectivity index (χ1) is 12.4. The van der Waals surface area contributed by atoms with E-state index in [1.54, 1.807) is 31.4 Å². The van der Waals surface area contributed by atoms with Crippen LogP contribution >= 0.6 is 0 Å². The second kappa shape index (κ2) is 9.24. The van der Waals surface area contributed by atoms with Gasteiger partial charge in [-0.15, -0.1) is 0 Å². The van der Waals surface area contributed by atoms with E-state index in [4.69, 9.17) is 4.74 Å². The molecule has 0 heterocycles. The van der Waals surface area contributed by atoms with Crippen LogP contribution in [0.4, 0.5) is 5.69 Å². The number of nitrogens with zero attached hydrogens (tertiary/aromatic N) is 1. The van der Waals surface area contributed by atoms with E-state index in [2.05, 4.69) is 5.32 Å². The summed E-state index contributed by atoms with van der Waals surface area (Å²) in [6.45, 7) is 0.424. The average Bonchev–Trinajstić information content (AvgIpc) is 2.67. The van der Waals surface area contributed by atoms with E-state index in [1.165, 1.54) is 11.4 Å². The quantitative estimate of drug-likeness (QED) is 0.728. The van der Waals surface area contributed by atoms with Crippen LogP contribution in [-0.2, 0) is 21.2 Å². The summed E-state index contributed by atoms with van der Waals surface area (Å²) in [7, 11) is -0.451. The highest BCUT2D eigenvalue weighted by atomic mass is 32.2. The van der Waals surface area contributed by atoms with E-state index in [9.17, 15) is 13.2 Å². The predicted molar refractivity (Wildman–Crippen MR) is 103 cm³/mol. The minimum Gasteiger partial charge on any atom is -0.496 e. The molecular weight excluding hydrogens is 352 g/mol. The van der Waals surface area contributed by atoms with Crippen LogP contribution in [-0.4, -0.2) is 40.8 Å². The number of rotatable bonds is 9. The van der Waals surface area contributed by atoms with Gasteiger partial charge in [0.05, 0.1) is 18.6 Å². The Kier molecular flexibility index (Phi) is 7.03. The Bertz CT molecular complexity index is 822. The molecule has 2 aromatic carbocycles. The van der Waals surface area contributed by atoms with Gasteiger partial charge in [-0.05, 0) is 30.2 Å². The third-order valence-corrected chi connectivity index (χ3v) is 5.80. The van der Waals surface area contributed by atoms with Gasteiger partial charge in [0.1, 0.15) is 5.75 Å². The molecule has 0 radical (unpaired) electrons. The van der Waals surface area contributed by atoms with Gasteiger partial charge < -0.3 is 10.1 Å². The fourth-order valence-corrected chi connectivity index (χ4v) is 3.65. The van der Waals surface area contributed by atoms with Crippen molar-refractivity contribution in [3.63, 3.8) is 0 Å². The Morgan fingerprint density at radius 2 is 1.73 bits per heavy atom. The summed E-state index contributed by atoms with van der Waals surface area (Å²) in [6, 6.07) is 16.4. The molecular formula is C19H24N2O4S. The Morgan fingerprint density at radius 1 is 1.08 bits per heavy atom. The molecule has 0 spiro atoms. The number of nitrogens with one attached hydrogen (secondary N) is 1. The van der Waals surface area contributed by atoms with Gasteiger partial charge in [0, 0.05) is 20.0 Å². The summed E-state index contributed by atoms with van der Waals surface area (Å²) in [5, 5.41) is 2.76. The largest absolute Gasteiger partial charge is 0.496 e. The van der Waals surface area contributed by atoms with Gasteiger partial charge in [0.25, 0.3) is 0 Å². The second-order valence-electron chi connectivity index (χ2n) is 5.78. The van der Waals surface area contributed by atoms with Gasteiger partial charge in [-0.25, -0.2) is 8.42 Å². The Balaban J connectivity index is 1.81. The van der Waals surface area contributed by atoms with Gasteiger partial charge in [-0.3, -0.25) is 9.10 Å². The molecule has 0 fully saturated rings. The molecule has 6 nitrogen and oxygen atoms in total. The molecule has 2 aromatic rings. The molecule has 2 rings (SSSR count). The Hall–Kier alpha value is -2.54. The highest BCUT2D eigenvalue weighted by Gasteiger charge is 2.19. The molecule has 0 atom stereocenters. The number of para-hydroxylation sites is 2. The molecule has 0 saturated heterocycles.